The van der Waals surface area contributed by atoms with E-state index in [1.165, 1.54) is 12.4 Å². The summed E-state index contributed by atoms with van der Waals surface area (Å²) in [5.41, 5.74) is 7.62. The molecular formula is C25H22F2N6O2. The lowest BCUT2D eigenvalue weighted by molar-refractivity contribution is 0.104. The Labute approximate surface area is 199 Å². The average molecular weight is 476 g/mol. The summed E-state index contributed by atoms with van der Waals surface area (Å²) in [6.07, 6.45) is 7.43. The number of halogens is 2. The number of carbonyl (C=O) groups excluding carboxylic acids is 2. The van der Waals surface area contributed by atoms with Gasteiger partial charge in [-0.25, -0.2) is 23.5 Å². The van der Waals surface area contributed by atoms with Crippen molar-refractivity contribution >= 4 is 40.0 Å². The molecule has 1 aliphatic rings. The van der Waals surface area contributed by atoms with Gasteiger partial charge in [-0.05, 0) is 37.1 Å². The number of ketones is 1. The van der Waals surface area contributed by atoms with E-state index in [0.717, 1.165) is 37.8 Å². The number of nitrogens with zero attached hydrogens (tertiary/aromatic N) is 3. The first-order valence-electron chi connectivity index (χ1n) is 11.2. The molecule has 0 spiro atoms. The number of amides is 2. The zero-order valence-electron chi connectivity index (χ0n) is 18.6. The lowest BCUT2D eigenvalue weighted by Crippen LogP contribution is -2.20. The molecule has 178 valence electrons. The Bertz CT molecular complexity index is 1450. The number of nitrogens with two attached hydrogens (primary N) is 1. The third-order valence-electron chi connectivity index (χ3n) is 6.16. The summed E-state index contributed by atoms with van der Waals surface area (Å²) in [4.78, 5) is 34.3. The fourth-order valence-corrected chi connectivity index (χ4v) is 4.51. The summed E-state index contributed by atoms with van der Waals surface area (Å²) in [6, 6.07) is 8.70. The molecule has 0 bridgehead atoms. The van der Waals surface area contributed by atoms with Crippen molar-refractivity contribution in [1.82, 2.24) is 14.5 Å². The predicted molar refractivity (Wildman–Crippen MR) is 128 cm³/mol. The molecule has 8 nitrogen and oxygen atoms in total. The summed E-state index contributed by atoms with van der Waals surface area (Å²) in [6.45, 7) is 0. The molecule has 2 aromatic carbocycles. The fraction of sp³-hybridized carbons (Fsp3) is 0.200. The molecule has 0 atom stereocenters. The van der Waals surface area contributed by atoms with Crippen LogP contribution in [-0.2, 0) is 0 Å². The Morgan fingerprint density at radius 2 is 1.83 bits per heavy atom. The number of benzene rings is 2. The third-order valence-corrected chi connectivity index (χ3v) is 6.16. The molecule has 1 fully saturated rings. The summed E-state index contributed by atoms with van der Waals surface area (Å²) >= 11 is 0. The van der Waals surface area contributed by atoms with E-state index in [-0.39, 0.29) is 23.3 Å². The van der Waals surface area contributed by atoms with Gasteiger partial charge < -0.3 is 20.9 Å². The number of rotatable bonds is 5. The summed E-state index contributed by atoms with van der Waals surface area (Å²) in [5.74, 6) is -1.71. The van der Waals surface area contributed by atoms with Crippen molar-refractivity contribution < 1.29 is 18.4 Å². The van der Waals surface area contributed by atoms with E-state index >= 15 is 0 Å². The molecule has 0 saturated heterocycles. The molecule has 5 rings (SSSR count). The molecule has 2 amide bonds. The van der Waals surface area contributed by atoms with Crippen LogP contribution in [0.3, 0.4) is 0 Å². The van der Waals surface area contributed by atoms with E-state index in [9.17, 15) is 18.4 Å². The SMILES string of the molecule is Nc1ncnc2c1c(C(=O)c1cccc(NC(=O)Nc3ccc(F)cc3F)c1)cn2C1CCCC1. The maximum Gasteiger partial charge on any atom is 0.323 e. The monoisotopic (exact) mass is 476 g/mol. The fourth-order valence-electron chi connectivity index (χ4n) is 4.51. The Morgan fingerprint density at radius 3 is 2.60 bits per heavy atom. The van der Waals surface area contributed by atoms with Crippen LogP contribution in [0, 0.1) is 11.6 Å². The average Bonchev–Trinajstić information content (AvgIpc) is 3.49. The molecule has 0 unspecified atom stereocenters. The van der Waals surface area contributed by atoms with E-state index < -0.39 is 17.7 Å². The van der Waals surface area contributed by atoms with Crippen molar-refractivity contribution in [3.63, 3.8) is 0 Å². The molecule has 0 radical (unpaired) electrons. The van der Waals surface area contributed by atoms with Gasteiger partial charge in [0.25, 0.3) is 0 Å². The van der Waals surface area contributed by atoms with Crippen LogP contribution in [0.15, 0.2) is 55.0 Å². The molecular weight excluding hydrogens is 454 g/mol. The van der Waals surface area contributed by atoms with Crippen LogP contribution < -0.4 is 16.4 Å². The number of hydrogen-bond acceptors (Lipinski definition) is 5. The van der Waals surface area contributed by atoms with E-state index in [1.54, 1.807) is 24.4 Å². The second kappa shape index (κ2) is 9.13. The van der Waals surface area contributed by atoms with E-state index in [2.05, 4.69) is 20.6 Å². The molecule has 10 heteroatoms. The van der Waals surface area contributed by atoms with Crippen molar-refractivity contribution in [2.24, 2.45) is 0 Å². The molecule has 1 aliphatic carbocycles. The molecule has 0 aliphatic heterocycles. The van der Waals surface area contributed by atoms with Crippen LogP contribution in [0.4, 0.5) is 30.8 Å². The van der Waals surface area contributed by atoms with Gasteiger partial charge in [-0.1, -0.05) is 25.0 Å². The number of anilines is 3. The minimum absolute atomic E-state index is 0.175. The van der Waals surface area contributed by atoms with Gasteiger partial charge in [-0.3, -0.25) is 4.79 Å². The second-order valence-electron chi connectivity index (χ2n) is 8.46. The van der Waals surface area contributed by atoms with Crippen molar-refractivity contribution in [2.75, 3.05) is 16.4 Å². The molecule has 4 N–H and O–H groups in total. The summed E-state index contributed by atoms with van der Waals surface area (Å²) in [5, 5.41) is 5.39. The molecule has 1 saturated carbocycles. The minimum Gasteiger partial charge on any atom is -0.383 e. The highest BCUT2D eigenvalue weighted by atomic mass is 19.1. The highest BCUT2D eigenvalue weighted by Crippen LogP contribution is 2.35. The van der Waals surface area contributed by atoms with Gasteiger partial charge >= 0.3 is 6.03 Å². The lowest BCUT2D eigenvalue weighted by Gasteiger charge is -2.12. The predicted octanol–water partition coefficient (Wildman–Crippen LogP) is 5.28. The van der Waals surface area contributed by atoms with Crippen molar-refractivity contribution in [1.29, 1.82) is 0 Å². The first-order chi connectivity index (χ1) is 16.9. The molecule has 2 heterocycles. The second-order valence-corrected chi connectivity index (χ2v) is 8.46. The number of carbonyl (C=O) groups is 2. The number of fused-ring (bicyclic) bond motifs is 1. The number of hydrogen-bond donors (Lipinski definition) is 3. The summed E-state index contributed by atoms with van der Waals surface area (Å²) < 4.78 is 28.9. The first-order valence-corrected chi connectivity index (χ1v) is 11.2. The van der Waals surface area contributed by atoms with E-state index in [0.29, 0.717) is 33.9 Å². The molecule has 2 aromatic heterocycles. The quantitative estimate of drug-likeness (QED) is 0.339. The number of urea groups is 1. The van der Waals surface area contributed by atoms with Gasteiger partial charge in [0.2, 0.25) is 0 Å². The summed E-state index contributed by atoms with van der Waals surface area (Å²) in [7, 11) is 0. The van der Waals surface area contributed by atoms with Crippen LogP contribution >= 0.6 is 0 Å². The zero-order chi connectivity index (χ0) is 24.5. The number of nitrogens with one attached hydrogen (secondary N) is 2. The van der Waals surface area contributed by atoms with Crippen molar-refractivity contribution in [3.05, 3.63) is 77.8 Å². The molecule has 4 aromatic rings. The number of aromatic nitrogens is 3. The Morgan fingerprint density at radius 1 is 1.03 bits per heavy atom. The lowest BCUT2D eigenvalue weighted by atomic mass is 10.0. The Kier molecular flexibility index (Phi) is 5.86. The Hall–Kier alpha value is -4.34. The zero-order valence-corrected chi connectivity index (χ0v) is 18.6. The van der Waals surface area contributed by atoms with Crippen molar-refractivity contribution in [3.8, 4) is 0 Å². The van der Waals surface area contributed by atoms with Crippen molar-refractivity contribution in [2.45, 2.75) is 31.7 Å². The van der Waals surface area contributed by atoms with Gasteiger partial charge in [-0.15, -0.1) is 0 Å². The highest BCUT2D eigenvalue weighted by molar-refractivity contribution is 6.18. The third kappa shape index (κ3) is 4.42. The van der Waals surface area contributed by atoms with Gasteiger partial charge in [0.15, 0.2) is 5.78 Å². The van der Waals surface area contributed by atoms with Gasteiger partial charge in [-0.2, -0.15) is 0 Å². The topological polar surface area (TPSA) is 115 Å². The van der Waals surface area contributed by atoms with Gasteiger partial charge in [0.1, 0.15) is 29.4 Å². The van der Waals surface area contributed by atoms with Crippen LogP contribution in [0.2, 0.25) is 0 Å². The minimum atomic E-state index is -0.900. The molecule has 35 heavy (non-hydrogen) atoms. The maximum absolute atomic E-state index is 13.8. The van der Waals surface area contributed by atoms with Gasteiger partial charge in [0, 0.05) is 29.6 Å². The van der Waals surface area contributed by atoms with Crippen LogP contribution in [0.25, 0.3) is 11.0 Å². The highest BCUT2D eigenvalue weighted by Gasteiger charge is 2.25. The standard InChI is InChI=1S/C25H22F2N6O2/c26-15-8-9-20(19(27)11-15)32-25(35)31-16-5-3-4-14(10-16)22(34)18-12-33(17-6-1-2-7-17)24-21(18)23(28)29-13-30-24/h3-5,8-13,17H,1-2,6-7H2,(H2,28,29,30)(H2,31,32,35). The van der Waals surface area contributed by atoms with Crippen LogP contribution in [0.5, 0.6) is 0 Å². The number of nitrogen functional groups attached to an aromatic ring is 1. The maximum atomic E-state index is 13.8. The smallest absolute Gasteiger partial charge is 0.323 e. The van der Waals surface area contributed by atoms with E-state index in [4.69, 9.17) is 5.73 Å². The van der Waals surface area contributed by atoms with Crippen LogP contribution in [0.1, 0.15) is 47.6 Å². The van der Waals surface area contributed by atoms with E-state index in [1.807, 2.05) is 4.57 Å². The largest absolute Gasteiger partial charge is 0.383 e. The van der Waals surface area contributed by atoms with Crippen LogP contribution in [-0.4, -0.2) is 26.3 Å². The van der Waals surface area contributed by atoms with Gasteiger partial charge in [0.05, 0.1) is 16.6 Å². The first kappa shape index (κ1) is 22.5. The normalized spacial score (nSPS) is 13.8. The Balaban J connectivity index is 1.41.